The molecule has 0 aliphatic carbocycles. The highest BCUT2D eigenvalue weighted by Gasteiger charge is 2.42. The Hall–Kier alpha value is -1.89. The largest absolute Gasteiger partial charge is 0.420 e. The molecule has 2 rings (SSSR count). The van der Waals surface area contributed by atoms with E-state index >= 15 is 0 Å². The average molecular weight is 244 g/mol. The van der Waals surface area contributed by atoms with E-state index in [2.05, 4.69) is 9.97 Å². The van der Waals surface area contributed by atoms with Crippen LogP contribution in [0.25, 0.3) is 11.0 Å². The number of para-hydroxylation sites is 2. The van der Waals surface area contributed by atoms with Crippen LogP contribution in [-0.4, -0.2) is 21.3 Å². The van der Waals surface area contributed by atoms with Gasteiger partial charge in [-0.15, -0.1) is 0 Å². The summed E-state index contributed by atoms with van der Waals surface area (Å²) in [5.74, 6) is 0. The number of nitrogens with one attached hydrogen (secondary N) is 1. The van der Waals surface area contributed by atoms with E-state index < -0.39 is 23.5 Å². The second-order valence-corrected chi connectivity index (χ2v) is 3.41. The molecule has 0 saturated carbocycles. The van der Waals surface area contributed by atoms with Gasteiger partial charge in [0.2, 0.25) is 0 Å². The normalized spacial score (nSPS) is 13.9. The molecule has 0 aliphatic heterocycles. The van der Waals surface area contributed by atoms with E-state index in [-0.39, 0.29) is 5.52 Å². The number of halogens is 3. The van der Waals surface area contributed by atoms with Gasteiger partial charge in [-0.3, -0.25) is 4.79 Å². The van der Waals surface area contributed by atoms with Gasteiger partial charge in [0.25, 0.3) is 5.56 Å². The Morgan fingerprint density at radius 2 is 1.94 bits per heavy atom. The van der Waals surface area contributed by atoms with Crippen LogP contribution in [0, 0.1) is 0 Å². The van der Waals surface area contributed by atoms with Crippen molar-refractivity contribution in [3.05, 3.63) is 40.3 Å². The Bertz CT molecular complexity index is 606. The van der Waals surface area contributed by atoms with Gasteiger partial charge in [0.05, 0.1) is 11.0 Å². The molecule has 1 aromatic carbocycles. The number of hydrogen-bond donors (Lipinski definition) is 2. The molecular formula is C10H7F3N2O2. The fourth-order valence-electron chi connectivity index (χ4n) is 1.38. The maximum Gasteiger partial charge on any atom is 0.420 e. The zero-order valence-corrected chi connectivity index (χ0v) is 8.32. The van der Waals surface area contributed by atoms with Crippen molar-refractivity contribution in [2.45, 2.75) is 12.3 Å². The first-order chi connectivity index (χ1) is 7.89. The van der Waals surface area contributed by atoms with Gasteiger partial charge < -0.3 is 10.1 Å². The van der Waals surface area contributed by atoms with E-state index in [9.17, 15) is 18.0 Å². The predicted molar refractivity (Wildman–Crippen MR) is 53.4 cm³/mol. The highest BCUT2D eigenvalue weighted by Crippen LogP contribution is 2.30. The van der Waals surface area contributed by atoms with E-state index in [1.807, 2.05) is 0 Å². The van der Waals surface area contributed by atoms with Gasteiger partial charge >= 0.3 is 6.18 Å². The molecule has 0 spiro atoms. The minimum Gasteiger partial charge on any atom is -0.378 e. The summed E-state index contributed by atoms with van der Waals surface area (Å²) in [5, 5.41) is 8.99. The minimum absolute atomic E-state index is 0.186. The van der Waals surface area contributed by atoms with Gasteiger partial charge in [0.15, 0.2) is 6.10 Å². The average Bonchev–Trinajstić information content (AvgIpc) is 2.26. The number of benzene rings is 1. The van der Waals surface area contributed by atoms with Crippen LogP contribution in [0.5, 0.6) is 0 Å². The quantitative estimate of drug-likeness (QED) is 0.799. The molecule has 4 nitrogen and oxygen atoms in total. The monoisotopic (exact) mass is 244 g/mol. The summed E-state index contributed by atoms with van der Waals surface area (Å²) in [5.41, 5.74) is -1.49. The number of aliphatic hydroxyl groups excluding tert-OH is 1. The number of H-pyrrole nitrogens is 1. The lowest BCUT2D eigenvalue weighted by atomic mass is 10.2. The molecule has 0 radical (unpaired) electrons. The first-order valence-corrected chi connectivity index (χ1v) is 4.63. The van der Waals surface area contributed by atoms with Gasteiger partial charge in [-0.05, 0) is 12.1 Å². The summed E-state index contributed by atoms with van der Waals surface area (Å²) >= 11 is 0. The molecule has 0 aliphatic rings. The fourth-order valence-corrected chi connectivity index (χ4v) is 1.38. The summed E-state index contributed by atoms with van der Waals surface area (Å²) in [6.07, 6.45) is -7.79. The third kappa shape index (κ3) is 2.14. The van der Waals surface area contributed by atoms with Crippen LogP contribution >= 0.6 is 0 Å². The molecule has 1 heterocycles. The Balaban J connectivity index is 2.63. The molecule has 2 N–H and O–H groups in total. The highest BCUT2D eigenvalue weighted by molar-refractivity contribution is 5.73. The van der Waals surface area contributed by atoms with Crippen LogP contribution in [0.3, 0.4) is 0 Å². The van der Waals surface area contributed by atoms with Crippen LogP contribution in [0.15, 0.2) is 29.1 Å². The number of aromatic amines is 1. The lowest BCUT2D eigenvalue weighted by Crippen LogP contribution is -2.28. The van der Waals surface area contributed by atoms with Crippen LogP contribution in [0.1, 0.15) is 11.8 Å². The van der Waals surface area contributed by atoms with Crippen molar-refractivity contribution in [2.24, 2.45) is 0 Å². The van der Waals surface area contributed by atoms with Gasteiger partial charge in [-0.1, -0.05) is 12.1 Å². The SMILES string of the molecule is O=c1[nH]c2ccccc2nc1C(O)C(F)(F)F. The number of nitrogens with zero attached hydrogens (tertiary/aromatic N) is 1. The molecule has 0 saturated heterocycles. The van der Waals surface area contributed by atoms with E-state index in [1.165, 1.54) is 12.1 Å². The van der Waals surface area contributed by atoms with Crippen molar-refractivity contribution in [2.75, 3.05) is 0 Å². The molecule has 0 fully saturated rings. The van der Waals surface area contributed by atoms with Crippen molar-refractivity contribution in [1.82, 2.24) is 9.97 Å². The second-order valence-electron chi connectivity index (χ2n) is 3.41. The first kappa shape index (κ1) is 11.6. The number of rotatable bonds is 1. The Labute approximate surface area is 92.7 Å². The number of hydrogen-bond acceptors (Lipinski definition) is 3. The molecule has 7 heteroatoms. The van der Waals surface area contributed by atoms with Crippen LogP contribution in [0.4, 0.5) is 13.2 Å². The van der Waals surface area contributed by atoms with E-state index in [0.717, 1.165) is 0 Å². The van der Waals surface area contributed by atoms with E-state index in [4.69, 9.17) is 5.11 Å². The standard InChI is InChI=1S/C10H7F3N2O2/c11-10(12,13)8(16)7-9(17)15-6-4-2-1-3-5(6)14-7/h1-4,8,16H,(H,15,17). The molecule has 0 bridgehead atoms. The van der Waals surface area contributed by atoms with Gasteiger partial charge in [-0.25, -0.2) is 4.98 Å². The van der Waals surface area contributed by atoms with Crippen molar-refractivity contribution in [1.29, 1.82) is 0 Å². The topological polar surface area (TPSA) is 66.0 Å². The summed E-state index contributed by atoms with van der Waals surface area (Å²) in [6.45, 7) is 0. The number of aromatic nitrogens is 2. The zero-order chi connectivity index (χ0) is 12.6. The van der Waals surface area contributed by atoms with Crippen LogP contribution in [0.2, 0.25) is 0 Å². The van der Waals surface area contributed by atoms with E-state index in [0.29, 0.717) is 5.52 Å². The summed E-state index contributed by atoms with van der Waals surface area (Å²) in [6, 6.07) is 6.13. The maximum atomic E-state index is 12.3. The lowest BCUT2D eigenvalue weighted by molar-refractivity contribution is -0.208. The summed E-state index contributed by atoms with van der Waals surface area (Å²) < 4.78 is 36.8. The smallest absolute Gasteiger partial charge is 0.378 e. The number of aliphatic hydroxyl groups is 1. The minimum atomic E-state index is -4.91. The Morgan fingerprint density at radius 1 is 1.29 bits per heavy atom. The van der Waals surface area contributed by atoms with Crippen LogP contribution < -0.4 is 5.56 Å². The third-order valence-corrected chi connectivity index (χ3v) is 2.19. The predicted octanol–water partition coefficient (Wildman–Crippen LogP) is 1.52. The molecule has 1 atom stereocenters. The molecule has 90 valence electrons. The fraction of sp³-hybridized carbons (Fsp3) is 0.200. The van der Waals surface area contributed by atoms with Gasteiger partial charge in [0.1, 0.15) is 5.69 Å². The second kappa shape index (κ2) is 3.85. The summed E-state index contributed by atoms with van der Waals surface area (Å²) in [4.78, 5) is 17.1. The number of fused-ring (bicyclic) bond motifs is 1. The Morgan fingerprint density at radius 3 is 2.59 bits per heavy atom. The Kier molecular flexibility index (Phi) is 2.62. The molecular weight excluding hydrogens is 237 g/mol. The molecule has 2 aromatic rings. The van der Waals surface area contributed by atoms with Gasteiger partial charge in [-0.2, -0.15) is 13.2 Å². The maximum absolute atomic E-state index is 12.3. The van der Waals surface area contributed by atoms with Crippen molar-refractivity contribution >= 4 is 11.0 Å². The van der Waals surface area contributed by atoms with E-state index in [1.54, 1.807) is 12.1 Å². The summed E-state index contributed by atoms with van der Waals surface area (Å²) in [7, 11) is 0. The van der Waals surface area contributed by atoms with Crippen molar-refractivity contribution < 1.29 is 18.3 Å². The molecule has 1 unspecified atom stereocenters. The highest BCUT2D eigenvalue weighted by atomic mass is 19.4. The third-order valence-electron chi connectivity index (χ3n) is 2.19. The lowest BCUT2D eigenvalue weighted by Gasteiger charge is -2.13. The molecule has 17 heavy (non-hydrogen) atoms. The van der Waals surface area contributed by atoms with Crippen LogP contribution in [-0.2, 0) is 0 Å². The molecule has 1 aromatic heterocycles. The number of alkyl halides is 3. The molecule has 0 amide bonds. The van der Waals surface area contributed by atoms with Crippen molar-refractivity contribution in [3.8, 4) is 0 Å². The van der Waals surface area contributed by atoms with Gasteiger partial charge in [0, 0.05) is 0 Å². The zero-order valence-electron chi connectivity index (χ0n) is 8.32. The van der Waals surface area contributed by atoms with Crippen molar-refractivity contribution in [3.63, 3.8) is 0 Å². The first-order valence-electron chi connectivity index (χ1n) is 4.63.